The Labute approximate surface area is 134 Å². The third-order valence-corrected chi connectivity index (χ3v) is 5.46. The maximum atomic E-state index is 13.8. The topological polar surface area (TPSA) is 66.4 Å². The van der Waals surface area contributed by atoms with Gasteiger partial charge >= 0.3 is 0 Å². The Morgan fingerprint density at radius 1 is 1.29 bits per heavy atom. The standard InChI is InChI=1S/C13H10BrClFNO3S/c14-13-9(15)2-1-3-11(13)17-21(19,20)12-5-4-8(7-18)6-10(12)16/h1-6,17-18H,7H2. The number of hydrogen-bond donors (Lipinski definition) is 2. The van der Waals surface area contributed by atoms with Gasteiger partial charge in [0.15, 0.2) is 0 Å². The quantitative estimate of drug-likeness (QED) is 0.833. The normalized spacial score (nSPS) is 11.4. The maximum absolute atomic E-state index is 13.8. The first kappa shape index (κ1) is 16.2. The van der Waals surface area contributed by atoms with Crippen LogP contribution in [-0.4, -0.2) is 13.5 Å². The number of sulfonamides is 1. The van der Waals surface area contributed by atoms with Crippen LogP contribution in [0.25, 0.3) is 0 Å². The van der Waals surface area contributed by atoms with E-state index < -0.39 is 20.7 Å². The molecule has 112 valence electrons. The van der Waals surface area contributed by atoms with Gasteiger partial charge in [-0.25, -0.2) is 12.8 Å². The van der Waals surface area contributed by atoms with Crippen molar-refractivity contribution in [3.05, 3.63) is 57.3 Å². The van der Waals surface area contributed by atoms with Gasteiger partial charge in [0.2, 0.25) is 0 Å². The zero-order valence-corrected chi connectivity index (χ0v) is 13.6. The Balaban J connectivity index is 2.41. The highest BCUT2D eigenvalue weighted by atomic mass is 79.9. The molecule has 0 amide bonds. The van der Waals surface area contributed by atoms with Gasteiger partial charge in [0.1, 0.15) is 10.7 Å². The molecule has 0 radical (unpaired) electrons. The molecule has 0 aliphatic carbocycles. The van der Waals surface area contributed by atoms with Crippen molar-refractivity contribution in [2.24, 2.45) is 0 Å². The summed E-state index contributed by atoms with van der Waals surface area (Å²) in [5, 5.41) is 9.23. The predicted octanol–water partition coefficient (Wildman–Crippen LogP) is 3.53. The van der Waals surface area contributed by atoms with E-state index in [2.05, 4.69) is 20.7 Å². The fraction of sp³-hybridized carbons (Fsp3) is 0.0769. The summed E-state index contributed by atoms with van der Waals surface area (Å²) in [6.07, 6.45) is 0. The lowest BCUT2D eigenvalue weighted by atomic mass is 10.2. The molecule has 0 heterocycles. The number of benzene rings is 2. The first-order valence-electron chi connectivity index (χ1n) is 5.71. The van der Waals surface area contributed by atoms with Crippen molar-refractivity contribution in [3.8, 4) is 0 Å². The zero-order chi connectivity index (χ0) is 15.6. The molecule has 0 bridgehead atoms. The van der Waals surface area contributed by atoms with Crippen molar-refractivity contribution in [2.45, 2.75) is 11.5 Å². The number of anilines is 1. The van der Waals surface area contributed by atoms with Crippen LogP contribution in [0.4, 0.5) is 10.1 Å². The summed E-state index contributed by atoms with van der Waals surface area (Å²) < 4.78 is 40.9. The van der Waals surface area contributed by atoms with Gasteiger partial charge < -0.3 is 5.11 Å². The smallest absolute Gasteiger partial charge is 0.264 e. The van der Waals surface area contributed by atoms with E-state index in [0.29, 0.717) is 9.50 Å². The van der Waals surface area contributed by atoms with E-state index in [1.54, 1.807) is 12.1 Å². The number of hydrogen-bond acceptors (Lipinski definition) is 3. The molecule has 0 fully saturated rings. The van der Waals surface area contributed by atoms with E-state index in [0.717, 1.165) is 12.1 Å². The Morgan fingerprint density at radius 2 is 2.00 bits per heavy atom. The first-order valence-corrected chi connectivity index (χ1v) is 8.36. The van der Waals surface area contributed by atoms with E-state index in [4.69, 9.17) is 16.7 Å². The number of rotatable bonds is 4. The average Bonchev–Trinajstić information content (AvgIpc) is 2.43. The SMILES string of the molecule is O=S(=O)(Nc1cccc(Cl)c1Br)c1ccc(CO)cc1F. The third-order valence-electron chi connectivity index (χ3n) is 2.66. The highest BCUT2D eigenvalue weighted by molar-refractivity contribution is 9.10. The van der Waals surface area contributed by atoms with Crippen molar-refractivity contribution in [3.63, 3.8) is 0 Å². The van der Waals surface area contributed by atoms with Crippen LogP contribution in [0, 0.1) is 5.82 Å². The molecule has 21 heavy (non-hydrogen) atoms. The summed E-state index contributed by atoms with van der Waals surface area (Å²) in [5.41, 5.74) is 0.489. The number of aliphatic hydroxyl groups is 1. The van der Waals surface area contributed by atoms with Gasteiger partial charge in [-0.3, -0.25) is 4.72 Å². The van der Waals surface area contributed by atoms with Gasteiger partial charge in [-0.1, -0.05) is 23.7 Å². The van der Waals surface area contributed by atoms with Crippen LogP contribution in [0.1, 0.15) is 5.56 Å². The van der Waals surface area contributed by atoms with Gasteiger partial charge in [-0.2, -0.15) is 0 Å². The van der Waals surface area contributed by atoms with Crippen LogP contribution in [-0.2, 0) is 16.6 Å². The molecule has 0 saturated heterocycles. The molecule has 2 N–H and O–H groups in total. The van der Waals surface area contributed by atoms with Crippen molar-refractivity contribution < 1.29 is 17.9 Å². The second kappa shape index (κ2) is 6.31. The average molecular weight is 395 g/mol. The molecule has 0 aliphatic heterocycles. The second-order valence-electron chi connectivity index (χ2n) is 4.13. The van der Waals surface area contributed by atoms with Crippen LogP contribution >= 0.6 is 27.5 Å². The van der Waals surface area contributed by atoms with Gasteiger partial charge in [0.05, 0.1) is 21.8 Å². The van der Waals surface area contributed by atoms with E-state index in [1.165, 1.54) is 12.1 Å². The summed E-state index contributed by atoms with van der Waals surface area (Å²) in [4.78, 5) is -0.508. The minimum atomic E-state index is -4.10. The fourth-order valence-electron chi connectivity index (χ4n) is 1.64. The molecule has 2 aromatic carbocycles. The van der Waals surface area contributed by atoms with Gasteiger partial charge in [-0.15, -0.1) is 0 Å². The molecule has 0 aromatic heterocycles. The Morgan fingerprint density at radius 3 is 2.62 bits per heavy atom. The number of nitrogens with one attached hydrogen (secondary N) is 1. The Bertz CT molecular complexity index is 783. The van der Waals surface area contributed by atoms with E-state index in [9.17, 15) is 12.8 Å². The fourth-order valence-corrected chi connectivity index (χ4v) is 3.44. The monoisotopic (exact) mass is 393 g/mol. The summed E-state index contributed by atoms with van der Waals surface area (Å²) in [6.45, 7) is -0.371. The van der Waals surface area contributed by atoms with Gasteiger partial charge in [0, 0.05) is 0 Å². The zero-order valence-electron chi connectivity index (χ0n) is 10.5. The second-order valence-corrected chi connectivity index (χ2v) is 6.98. The molecule has 0 aliphatic rings. The molecular formula is C13H10BrClFNO3S. The summed E-state index contributed by atoms with van der Waals surface area (Å²) in [7, 11) is -4.10. The van der Waals surface area contributed by atoms with Crippen LogP contribution < -0.4 is 4.72 Å². The molecule has 4 nitrogen and oxygen atoms in total. The molecule has 8 heteroatoms. The highest BCUT2D eigenvalue weighted by Gasteiger charge is 2.20. The molecule has 0 spiro atoms. The predicted molar refractivity (Wildman–Crippen MR) is 82.3 cm³/mol. The highest BCUT2D eigenvalue weighted by Crippen LogP contribution is 2.31. The van der Waals surface area contributed by atoms with Crippen LogP contribution in [0.5, 0.6) is 0 Å². The first-order chi connectivity index (χ1) is 9.85. The van der Waals surface area contributed by atoms with Crippen LogP contribution in [0.3, 0.4) is 0 Å². The van der Waals surface area contributed by atoms with Crippen molar-refractivity contribution in [1.82, 2.24) is 0 Å². The summed E-state index contributed by atoms with van der Waals surface area (Å²) in [6, 6.07) is 8.05. The van der Waals surface area contributed by atoms with Crippen molar-refractivity contribution in [2.75, 3.05) is 4.72 Å². The summed E-state index contributed by atoms with van der Waals surface area (Å²) in [5.74, 6) is -0.938. The van der Waals surface area contributed by atoms with Gasteiger partial charge in [0.25, 0.3) is 10.0 Å². The molecule has 2 rings (SSSR count). The lowest BCUT2D eigenvalue weighted by Crippen LogP contribution is -2.15. The molecule has 0 unspecified atom stereocenters. The lowest BCUT2D eigenvalue weighted by molar-refractivity contribution is 0.281. The third kappa shape index (κ3) is 3.55. The van der Waals surface area contributed by atoms with Crippen molar-refractivity contribution >= 4 is 43.2 Å². The minimum Gasteiger partial charge on any atom is -0.392 e. The molecule has 0 atom stereocenters. The molecule has 0 saturated carbocycles. The van der Waals surface area contributed by atoms with Crippen LogP contribution in [0.15, 0.2) is 45.8 Å². The molecule has 2 aromatic rings. The Hall–Kier alpha value is -1.15. The minimum absolute atomic E-state index is 0.202. The largest absolute Gasteiger partial charge is 0.392 e. The maximum Gasteiger partial charge on any atom is 0.264 e. The van der Waals surface area contributed by atoms with E-state index in [-0.39, 0.29) is 17.9 Å². The number of halogens is 3. The van der Waals surface area contributed by atoms with Crippen molar-refractivity contribution in [1.29, 1.82) is 0 Å². The van der Waals surface area contributed by atoms with Gasteiger partial charge in [-0.05, 0) is 45.8 Å². The van der Waals surface area contributed by atoms with E-state index >= 15 is 0 Å². The Kier molecular flexibility index (Phi) is 4.88. The summed E-state index contributed by atoms with van der Waals surface area (Å²) >= 11 is 9.04. The molecular weight excluding hydrogens is 385 g/mol. The van der Waals surface area contributed by atoms with Crippen LogP contribution in [0.2, 0.25) is 5.02 Å². The lowest BCUT2D eigenvalue weighted by Gasteiger charge is -2.11. The number of aliphatic hydroxyl groups excluding tert-OH is 1. The van der Waals surface area contributed by atoms with E-state index in [1.807, 2.05) is 0 Å².